The predicted molar refractivity (Wildman–Crippen MR) is 41.3 cm³/mol. The molecule has 0 aliphatic heterocycles. The van der Waals surface area contributed by atoms with Crippen molar-refractivity contribution in [1.29, 1.82) is 0 Å². The molecular formula is C4H6N4O2S. The van der Waals surface area contributed by atoms with Crippen LogP contribution in [0.15, 0.2) is 0 Å². The molecule has 60 valence electrons. The summed E-state index contributed by atoms with van der Waals surface area (Å²) in [5.41, 5.74) is 2.63. The molecule has 0 amide bonds. The first-order valence-corrected chi connectivity index (χ1v) is 3.55. The standard InChI is InChI=1S/C4H6N4O2S/c1-2-3(8(9)10)11-4(6-2)7-5/h5H2,1H3,(H,6,7). The molecule has 0 aromatic carbocycles. The molecule has 6 nitrogen and oxygen atoms in total. The summed E-state index contributed by atoms with van der Waals surface area (Å²) in [4.78, 5) is 13.6. The highest BCUT2D eigenvalue weighted by molar-refractivity contribution is 7.18. The lowest BCUT2D eigenvalue weighted by molar-refractivity contribution is -0.380. The highest BCUT2D eigenvalue weighted by Crippen LogP contribution is 2.28. The second-order valence-electron chi connectivity index (χ2n) is 1.81. The number of thiazole rings is 1. The summed E-state index contributed by atoms with van der Waals surface area (Å²) < 4.78 is 0. The molecule has 0 spiro atoms. The maximum absolute atomic E-state index is 10.3. The number of nitrogen functional groups attached to an aromatic ring is 1. The summed E-state index contributed by atoms with van der Waals surface area (Å²) >= 11 is 0.921. The monoisotopic (exact) mass is 174 g/mol. The van der Waals surface area contributed by atoms with Crippen LogP contribution in [0.1, 0.15) is 5.69 Å². The first-order chi connectivity index (χ1) is 5.15. The number of nitrogens with one attached hydrogen (secondary N) is 1. The molecule has 0 saturated carbocycles. The molecule has 0 saturated heterocycles. The molecule has 1 aromatic heterocycles. The van der Waals surface area contributed by atoms with Crippen molar-refractivity contribution in [2.24, 2.45) is 5.84 Å². The van der Waals surface area contributed by atoms with Gasteiger partial charge >= 0.3 is 5.00 Å². The second kappa shape index (κ2) is 2.81. The quantitative estimate of drug-likeness (QED) is 0.390. The van der Waals surface area contributed by atoms with Gasteiger partial charge in [0.1, 0.15) is 5.69 Å². The van der Waals surface area contributed by atoms with Crippen molar-refractivity contribution >= 4 is 21.5 Å². The smallest absolute Gasteiger partial charge is 0.300 e. The van der Waals surface area contributed by atoms with E-state index in [1.54, 1.807) is 6.92 Å². The number of hydrazine groups is 1. The van der Waals surface area contributed by atoms with Gasteiger partial charge in [-0.1, -0.05) is 0 Å². The predicted octanol–water partition coefficient (Wildman–Crippen LogP) is 0.645. The van der Waals surface area contributed by atoms with Crippen molar-refractivity contribution in [3.8, 4) is 0 Å². The van der Waals surface area contributed by atoms with E-state index in [0.717, 1.165) is 11.3 Å². The van der Waals surface area contributed by atoms with E-state index in [2.05, 4.69) is 10.4 Å². The van der Waals surface area contributed by atoms with E-state index < -0.39 is 4.92 Å². The van der Waals surface area contributed by atoms with Crippen molar-refractivity contribution in [3.63, 3.8) is 0 Å². The third-order valence-corrected chi connectivity index (χ3v) is 2.10. The van der Waals surface area contributed by atoms with E-state index in [1.165, 1.54) is 0 Å². The molecule has 1 heterocycles. The van der Waals surface area contributed by atoms with Crippen molar-refractivity contribution in [2.45, 2.75) is 6.92 Å². The van der Waals surface area contributed by atoms with Crippen LogP contribution in [0.25, 0.3) is 0 Å². The van der Waals surface area contributed by atoms with Crippen LogP contribution in [-0.4, -0.2) is 9.91 Å². The van der Waals surface area contributed by atoms with Gasteiger partial charge in [-0.05, 0) is 18.3 Å². The van der Waals surface area contributed by atoms with E-state index in [-0.39, 0.29) is 5.00 Å². The van der Waals surface area contributed by atoms with Crippen LogP contribution < -0.4 is 11.3 Å². The average Bonchev–Trinajstić information content (AvgIpc) is 2.30. The summed E-state index contributed by atoms with van der Waals surface area (Å²) in [6, 6.07) is 0. The summed E-state index contributed by atoms with van der Waals surface area (Å²) in [7, 11) is 0. The maximum atomic E-state index is 10.3. The van der Waals surface area contributed by atoms with Gasteiger partial charge in [0.2, 0.25) is 5.13 Å². The Morgan fingerprint density at radius 3 is 2.73 bits per heavy atom. The second-order valence-corrected chi connectivity index (χ2v) is 2.79. The summed E-state index contributed by atoms with van der Waals surface area (Å²) in [5, 5.41) is 10.6. The lowest BCUT2D eigenvalue weighted by Gasteiger charge is -1.84. The number of nitrogens with zero attached hydrogens (tertiary/aromatic N) is 2. The average molecular weight is 174 g/mol. The van der Waals surface area contributed by atoms with E-state index in [9.17, 15) is 10.1 Å². The van der Waals surface area contributed by atoms with Crippen molar-refractivity contribution < 1.29 is 4.92 Å². The number of rotatable bonds is 2. The number of hydrogen-bond donors (Lipinski definition) is 2. The zero-order valence-corrected chi connectivity index (χ0v) is 6.51. The SMILES string of the molecule is Cc1nc(NN)sc1[N+](=O)[O-]. The van der Waals surface area contributed by atoms with Crippen LogP contribution in [0.4, 0.5) is 10.1 Å². The van der Waals surface area contributed by atoms with Crippen LogP contribution >= 0.6 is 11.3 Å². The van der Waals surface area contributed by atoms with Gasteiger partial charge in [-0.25, -0.2) is 10.8 Å². The van der Waals surface area contributed by atoms with E-state index in [4.69, 9.17) is 5.84 Å². The van der Waals surface area contributed by atoms with Crippen LogP contribution in [0.5, 0.6) is 0 Å². The highest BCUT2D eigenvalue weighted by Gasteiger charge is 2.16. The third-order valence-electron chi connectivity index (χ3n) is 1.06. The van der Waals surface area contributed by atoms with Gasteiger partial charge in [0.15, 0.2) is 0 Å². The number of hydrogen-bond acceptors (Lipinski definition) is 6. The zero-order chi connectivity index (χ0) is 8.43. The summed E-state index contributed by atoms with van der Waals surface area (Å²) in [5.74, 6) is 5.01. The minimum absolute atomic E-state index is 0.0259. The fraction of sp³-hybridized carbons (Fsp3) is 0.250. The Morgan fingerprint density at radius 1 is 1.82 bits per heavy atom. The number of anilines is 1. The molecule has 3 N–H and O–H groups in total. The molecule has 0 bridgehead atoms. The molecule has 0 aliphatic carbocycles. The van der Waals surface area contributed by atoms with Gasteiger partial charge < -0.3 is 0 Å². The van der Waals surface area contributed by atoms with Crippen LogP contribution in [0.2, 0.25) is 0 Å². The molecule has 0 fully saturated rings. The van der Waals surface area contributed by atoms with E-state index in [1.807, 2.05) is 0 Å². The van der Waals surface area contributed by atoms with Crippen molar-refractivity contribution in [3.05, 3.63) is 15.8 Å². The molecule has 0 unspecified atom stereocenters. The Balaban J connectivity index is 3.07. The molecule has 1 rings (SSSR count). The lowest BCUT2D eigenvalue weighted by Crippen LogP contribution is -2.05. The molecule has 11 heavy (non-hydrogen) atoms. The minimum Gasteiger partial charge on any atom is -0.300 e. The molecular weight excluding hydrogens is 168 g/mol. The van der Waals surface area contributed by atoms with Crippen LogP contribution in [-0.2, 0) is 0 Å². The Kier molecular flexibility index (Phi) is 2.01. The first kappa shape index (κ1) is 7.89. The largest absolute Gasteiger partial charge is 0.348 e. The topological polar surface area (TPSA) is 94.1 Å². The van der Waals surface area contributed by atoms with Crippen molar-refractivity contribution in [1.82, 2.24) is 4.98 Å². The van der Waals surface area contributed by atoms with Gasteiger partial charge in [-0.2, -0.15) is 0 Å². The molecule has 0 aliphatic rings. The number of nitro groups is 1. The third kappa shape index (κ3) is 1.44. The minimum atomic E-state index is -0.478. The molecule has 0 atom stereocenters. The van der Waals surface area contributed by atoms with Gasteiger partial charge in [-0.15, -0.1) is 0 Å². The fourth-order valence-electron chi connectivity index (χ4n) is 0.620. The Labute approximate surface area is 66.2 Å². The zero-order valence-electron chi connectivity index (χ0n) is 5.70. The Morgan fingerprint density at radius 2 is 2.45 bits per heavy atom. The van der Waals surface area contributed by atoms with Crippen LogP contribution in [0, 0.1) is 17.0 Å². The maximum Gasteiger partial charge on any atom is 0.348 e. The molecule has 7 heteroatoms. The fourth-order valence-corrected chi connectivity index (χ4v) is 1.31. The molecule has 1 aromatic rings. The number of aromatic nitrogens is 1. The van der Waals surface area contributed by atoms with Gasteiger partial charge in [-0.3, -0.25) is 15.5 Å². The van der Waals surface area contributed by atoms with Crippen molar-refractivity contribution in [2.75, 3.05) is 5.43 Å². The number of nitrogens with two attached hydrogens (primary N) is 1. The van der Waals surface area contributed by atoms with E-state index >= 15 is 0 Å². The Bertz CT molecular complexity index is 284. The molecule has 0 radical (unpaired) electrons. The van der Waals surface area contributed by atoms with Crippen LogP contribution in [0.3, 0.4) is 0 Å². The lowest BCUT2D eigenvalue weighted by atomic mass is 10.5. The summed E-state index contributed by atoms with van der Waals surface area (Å²) in [6.45, 7) is 1.56. The Hall–Kier alpha value is -1.21. The summed E-state index contributed by atoms with van der Waals surface area (Å²) in [6.07, 6.45) is 0. The normalized spacial score (nSPS) is 9.64. The van der Waals surface area contributed by atoms with Gasteiger partial charge in [0, 0.05) is 0 Å². The first-order valence-electron chi connectivity index (χ1n) is 2.73. The highest BCUT2D eigenvalue weighted by atomic mass is 32.1. The number of aryl methyl sites for hydroxylation is 1. The van der Waals surface area contributed by atoms with Gasteiger partial charge in [0.05, 0.1) is 4.92 Å². The van der Waals surface area contributed by atoms with Gasteiger partial charge in [0.25, 0.3) is 0 Å². The van der Waals surface area contributed by atoms with E-state index in [0.29, 0.717) is 10.8 Å².